The second-order valence-corrected chi connectivity index (χ2v) is 7.36. The number of nitrogens with one attached hydrogen (secondary N) is 1. The maximum atomic E-state index is 12.9. The van der Waals surface area contributed by atoms with Crippen molar-refractivity contribution < 1.29 is 4.79 Å². The number of anilines is 1. The van der Waals surface area contributed by atoms with Crippen molar-refractivity contribution in [2.75, 3.05) is 5.32 Å². The molecule has 0 bridgehead atoms. The van der Waals surface area contributed by atoms with E-state index in [2.05, 4.69) is 5.32 Å². The fraction of sp³-hybridized carbons (Fsp3) is 0.0870. The minimum atomic E-state index is -0.436. The van der Waals surface area contributed by atoms with Crippen LogP contribution in [-0.4, -0.2) is 15.0 Å². The number of halogens is 1. The number of hydrogen-bond acceptors (Lipinski definition) is 3. The molecular weight excluding hydrogens is 402 g/mol. The van der Waals surface area contributed by atoms with Gasteiger partial charge in [0.25, 0.3) is 11.5 Å². The zero-order valence-electron chi connectivity index (χ0n) is 16.3. The monoisotopic (exact) mass is 419 g/mol. The zero-order valence-corrected chi connectivity index (χ0v) is 17.1. The standard InChI is InChI=1S/C23H18ClN3O3/c1-26-20-13-16(9-10-17(20)22(29)27(2)23(26)30)25-21(28)18-12-15(8-11-19(18)24)14-6-4-3-5-7-14/h3-13H,1-2H3,(H,25,28). The Morgan fingerprint density at radius 1 is 0.867 bits per heavy atom. The third-order valence-electron chi connectivity index (χ3n) is 5.04. The first-order valence-electron chi connectivity index (χ1n) is 9.23. The molecule has 3 aromatic carbocycles. The zero-order chi connectivity index (χ0) is 21.4. The van der Waals surface area contributed by atoms with Gasteiger partial charge in [0.1, 0.15) is 0 Å². The number of nitrogens with zero attached hydrogens (tertiary/aromatic N) is 2. The van der Waals surface area contributed by atoms with Crippen molar-refractivity contribution in [3.63, 3.8) is 0 Å². The number of amides is 1. The van der Waals surface area contributed by atoms with E-state index in [4.69, 9.17) is 11.6 Å². The van der Waals surface area contributed by atoms with Crippen molar-refractivity contribution in [1.82, 2.24) is 9.13 Å². The van der Waals surface area contributed by atoms with Crippen molar-refractivity contribution in [3.8, 4) is 11.1 Å². The van der Waals surface area contributed by atoms with Crippen LogP contribution < -0.4 is 16.6 Å². The lowest BCUT2D eigenvalue weighted by Gasteiger charge is -2.12. The highest BCUT2D eigenvalue weighted by Crippen LogP contribution is 2.26. The summed E-state index contributed by atoms with van der Waals surface area (Å²) in [7, 11) is 3.01. The van der Waals surface area contributed by atoms with Gasteiger partial charge in [-0.3, -0.25) is 18.7 Å². The molecule has 30 heavy (non-hydrogen) atoms. The van der Waals surface area contributed by atoms with Crippen LogP contribution in [0.4, 0.5) is 5.69 Å². The number of aryl methyl sites for hydroxylation is 1. The first kappa shape index (κ1) is 19.7. The second kappa shape index (κ2) is 7.65. The molecule has 1 amide bonds. The summed E-state index contributed by atoms with van der Waals surface area (Å²) in [6.45, 7) is 0. The van der Waals surface area contributed by atoms with Gasteiger partial charge in [0.2, 0.25) is 0 Å². The van der Waals surface area contributed by atoms with Crippen molar-refractivity contribution in [2.24, 2.45) is 14.1 Å². The van der Waals surface area contributed by atoms with Gasteiger partial charge < -0.3 is 5.32 Å². The van der Waals surface area contributed by atoms with Gasteiger partial charge in [-0.15, -0.1) is 0 Å². The molecule has 0 radical (unpaired) electrons. The van der Waals surface area contributed by atoms with Gasteiger partial charge in [-0.1, -0.05) is 48.0 Å². The van der Waals surface area contributed by atoms with E-state index in [1.165, 1.54) is 11.6 Å². The Hall–Kier alpha value is -3.64. The molecule has 1 N–H and O–H groups in total. The van der Waals surface area contributed by atoms with Crippen LogP contribution in [0, 0.1) is 0 Å². The maximum Gasteiger partial charge on any atom is 0.330 e. The van der Waals surface area contributed by atoms with Crippen LogP contribution in [0.3, 0.4) is 0 Å². The Bertz CT molecular complexity index is 1410. The smallest absolute Gasteiger partial charge is 0.322 e. The topological polar surface area (TPSA) is 73.1 Å². The summed E-state index contributed by atoms with van der Waals surface area (Å²) in [5.41, 5.74) is 2.24. The predicted octanol–water partition coefficient (Wildman–Crippen LogP) is 3.81. The quantitative estimate of drug-likeness (QED) is 0.548. The van der Waals surface area contributed by atoms with E-state index in [9.17, 15) is 14.4 Å². The molecule has 4 aromatic rings. The average molecular weight is 420 g/mol. The summed E-state index contributed by atoms with van der Waals surface area (Å²) < 4.78 is 2.42. The molecular formula is C23H18ClN3O3. The molecule has 7 heteroatoms. The van der Waals surface area contributed by atoms with E-state index in [1.807, 2.05) is 36.4 Å². The second-order valence-electron chi connectivity index (χ2n) is 6.95. The van der Waals surface area contributed by atoms with E-state index < -0.39 is 5.69 Å². The Kier molecular flexibility index (Phi) is 5.01. The highest BCUT2D eigenvalue weighted by atomic mass is 35.5. The van der Waals surface area contributed by atoms with E-state index in [0.29, 0.717) is 27.2 Å². The molecule has 0 aliphatic carbocycles. The molecule has 1 aromatic heterocycles. The van der Waals surface area contributed by atoms with Gasteiger partial charge >= 0.3 is 5.69 Å². The maximum absolute atomic E-state index is 12.9. The van der Waals surface area contributed by atoms with Crippen LogP contribution in [0.1, 0.15) is 10.4 Å². The Balaban J connectivity index is 1.72. The fourth-order valence-electron chi connectivity index (χ4n) is 3.37. The van der Waals surface area contributed by atoms with Crippen LogP contribution in [0.2, 0.25) is 5.02 Å². The number of rotatable bonds is 3. The molecule has 0 saturated carbocycles. The first-order valence-corrected chi connectivity index (χ1v) is 9.60. The average Bonchev–Trinajstić information content (AvgIpc) is 2.77. The van der Waals surface area contributed by atoms with Crippen molar-refractivity contribution in [3.05, 3.63) is 98.2 Å². The van der Waals surface area contributed by atoms with E-state index in [-0.39, 0.29) is 11.5 Å². The van der Waals surface area contributed by atoms with Gasteiger partial charge in [0.15, 0.2) is 0 Å². The highest BCUT2D eigenvalue weighted by molar-refractivity contribution is 6.34. The lowest BCUT2D eigenvalue weighted by molar-refractivity contribution is 0.102. The summed E-state index contributed by atoms with van der Waals surface area (Å²) in [6, 6.07) is 19.8. The number of benzene rings is 3. The van der Waals surface area contributed by atoms with Crippen LogP contribution in [-0.2, 0) is 14.1 Å². The highest BCUT2D eigenvalue weighted by Gasteiger charge is 2.14. The summed E-state index contributed by atoms with van der Waals surface area (Å²) in [5.74, 6) is -0.383. The lowest BCUT2D eigenvalue weighted by atomic mass is 10.0. The van der Waals surface area contributed by atoms with Crippen molar-refractivity contribution >= 4 is 34.1 Å². The first-order chi connectivity index (χ1) is 14.4. The number of carbonyl (C=O) groups is 1. The molecule has 0 saturated heterocycles. The number of carbonyl (C=O) groups excluding carboxylic acids is 1. The summed E-state index contributed by atoms with van der Waals surface area (Å²) in [6.07, 6.45) is 0. The minimum Gasteiger partial charge on any atom is -0.322 e. The van der Waals surface area contributed by atoms with Gasteiger partial charge in [-0.05, 0) is 41.5 Å². The Labute approximate surface area is 177 Å². The van der Waals surface area contributed by atoms with Gasteiger partial charge in [0, 0.05) is 19.8 Å². The number of aromatic nitrogens is 2. The summed E-state index contributed by atoms with van der Waals surface area (Å²) >= 11 is 6.27. The molecule has 0 unspecified atom stereocenters. The van der Waals surface area contributed by atoms with Crippen molar-refractivity contribution in [2.45, 2.75) is 0 Å². The molecule has 0 aliphatic heterocycles. The van der Waals surface area contributed by atoms with Crippen LogP contribution in [0.25, 0.3) is 22.0 Å². The molecule has 1 heterocycles. The third kappa shape index (κ3) is 3.42. The molecule has 0 fully saturated rings. The van der Waals surface area contributed by atoms with Crippen LogP contribution in [0.15, 0.2) is 76.3 Å². The van der Waals surface area contributed by atoms with Crippen LogP contribution >= 0.6 is 11.6 Å². The predicted molar refractivity (Wildman–Crippen MR) is 119 cm³/mol. The number of fused-ring (bicyclic) bond motifs is 1. The van der Waals surface area contributed by atoms with E-state index >= 15 is 0 Å². The fourth-order valence-corrected chi connectivity index (χ4v) is 3.57. The van der Waals surface area contributed by atoms with Crippen molar-refractivity contribution in [1.29, 1.82) is 0 Å². The molecule has 0 spiro atoms. The Morgan fingerprint density at radius 2 is 1.60 bits per heavy atom. The molecule has 6 nitrogen and oxygen atoms in total. The molecule has 150 valence electrons. The van der Waals surface area contributed by atoms with Gasteiger partial charge in [0.05, 0.1) is 21.5 Å². The lowest BCUT2D eigenvalue weighted by Crippen LogP contribution is -2.36. The molecule has 0 atom stereocenters. The Morgan fingerprint density at radius 3 is 2.33 bits per heavy atom. The number of hydrogen-bond donors (Lipinski definition) is 1. The van der Waals surface area contributed by atoms with Crippen LogP contribution in [0.5, 0.6) is 0 Å². The molecule has 4 rings (SSSR count). The van der Waals surface area contributed by atoms with Gasteiger partial charge in [-0.2, -0.15) is 0 Å². The third-order valence-corrected chi connectivity index (χ3v) is 5.37. The molecule has 0 aliphatic rings. The van der Waals surface area contributed by atoms with E-state index in [0.717, 1.165) is 15.7 Å². The van der Waals surface area contributed by atoms with E-state index in [1.54, 1.807) is 37.4 Å². The SMILES string of the molecule is Cn1c(=O)c2ccc(NC(=O)c3cc(-c4ccccc4)ccc3Cl)cc2n(C)c1=O. The minimum absolute atomic E-state index is 0.328. The summed E-state index contributed by atoms with van der Waals surface area (Å²) in [5, 5.41) is 3.52. The summed E-state index contributed by atoms with van der Waals surface area (Å²) in [4.78, 5) is 37.4. The largest absolute Gasteiger partial charge is 0.330 e. The van der Waals surface area contributed by atoms with Gasteiger partial charge in [-0.25, -0.2) is 4.79 Å². The normalized spacial score (nSPS) is 10.9.